The SMILES string of the molecule is CC(=O)c1ccc(C(=O)N(CCN2CCOCC2)c2nc3ccc(OC(F)(F)F)cc3s2)cc1.Cl. The maximum Gasteiger partial charge on any atom is 0.573 e. The molecule has 0 atom stereocenters. The van der Waals surface area contributed by atoms with Crippen LogP contribution in [0.15, 0.2) is 42.5 Å². The molecule has 0 radical (unpaired) electrons. The Morgan fingerprint density at radius 1 is 1.11 bits per heavy atom. The molecule has 1 aliphatic rings. The van der Waals surface area contributed by atoms with Crippen LogP contribution >= 0.6 is 23.7 Å². The summed E-state index contributed by atoms with van der Waals surface area (Å²) in [6.45, 7) is 5.08. The van der Waals surface area contributed by atoms with Gasteiger partial charge in [-0.3, -0.25) is 19.4 Å². The van der Waals surface area contributed by atoms with Crippen molar-refractivity contribution >= 4 is 50.8 Å². The Bertz CT molecular complexity index is 1180. The second-order valence-electron chi connectivity index (χ2n) is 7.72. The summed E-state index contributed by atoms with van der Waals surface area (Å²) in [4.78, 5) is 33.2. The lowest BCUT2D eigenvalue weighted by molar-refractivity contribution is -0.274. The molecule has 1 aromatic heterocycles. The van der Waals surface area contributed by atoms with Gasteiger partial charge in [0.15, 0.2) is 10.9 Å². The van der Waals surface area contributed by atoms with Gasteiger partial charge in [0.2, 0.25) is 0 Å². The number of alkyl halides is 3. The quantitative estimate of drug-likeness (QED) is 0.410. The van der Waals surface area contributed by atoms with Gasteiger partial charge in [-0.25, -0.2) is 4.98 Å². The number of hydrogen-bond acceptors (Lipinski definition) is 7. The summed E-state index contributed by atoms with van der Waals surface area (Å²) in [6, 6.07) is 10.2. The van der Waals surface area contributed by atoms with Crippen molar-refractivity contribution in [3.8, 4) is 5.75 Å². The normalized spacial score (nSPS) is 14.4. The number of aromatic nitrogens is 1. The second-order valence-corrected chi connectivity index (χ2v) is 8.73. The summed E-state index contributed by atoms with van der Waals surface area (Å²) in [5, 5.41) is 0.369. The van der Waals surface area contributed by atoms with Gasteiger partial charge >= 0.3 is 6.36 Å². The Morgan fingerprint density at radius 3 is 2.40 bits per heavy atom. The van der Waals surface area contributed by atoms with Crippen molar-refractivity contribution < 1.29 is 32.2 Å². The highest BCUT2D eigenvalue weighted by atomic mass is 35.5. The molecule has 35 heavy (non-hydrogen) atoms. The molecule has 1 aliphatic heterocycles. The minimum Gasteiger partial charge on any atom is -0.406 e. The molecule has 0 unspecified atom stereocenters. The maximum atomic E-state index is 13.4. The second kappa shape index (κ2) is 11.3. The van der Waals surface area contributed by atoms with Crippen molar-refractivity contribution in [2.45, 2.75) is 13.3 Å². The van der Waals surface area contributed by atoms with E-state index in [9.17, 15) is 22.8 Å². The molecule has 1 saturated heterocycles. The highest BCUT2D eigenvalue weighted by Gasteiger charge is 2.31. The molecule has 0 spiro atoms. The molecule has 188 valence electrons. The number of carbonyl (C=O) groups is 2. The van der Waals surface area contributed by atoms with Crippen molar-refractivity contribution in [3.05, 3.63) is 53.6 Å². The van der Waals surface area contributed by atoms with Crippen molar-refractivity contribution in [2.75, 3.05) is 44.3 Å². The Kier molecular flexibility index (Phi) is 8.70. The fourth-order valence-electron chi connectivity index (χ4n) is 3.56. The number of rotatable bonds is 7. The third-order valence-corrected chi connectivity index (χ3v) is 6.38. The van der Waals surface area contributed by atoms with Gasteiger partial charge in [0.05, 0.1) is 23.4 Å². The number of amides is 1. The molecule has 1 amide bonds. The highest BCUT2D eigenvalue weighted by Crippen LogP contribution is 2.34. The fraction of sp³-hybridized carbons (Fsp3) is 0.348. The lowest BCUT2D eigenvalue weighted by Crippen LogP contribution is -2.43. The van der Waals surface area contributed by atoms with Gasteiger partial charge in [0.25, 0.3) is 5.91 Å². The predicted octanol–water partition coefficient (Wildman–Crippen LogP) is 4.80. The van der Waals surface area contributed by atoms with Crippen molar-refractivity contribution in [3.63, 3.8) is 0 Å². The van der Waals surface area contributed by atoms with Crippen LogP contribution in [-0.4, -0.2) is 67.3 Å². The lowest BCUT2D eigenvalue weighted by Gasteiger charge is -2.29. The van der Waals surface area contributed by atoms with Crippen LogP contribution in [-0.2, 0) is 4.74 Å². The number of ketones is 1. The van der Waals surface area contributed by atoms with E-state index in [0.29, 0.717) is 52.8 Å². The van der Waals surface area contributed by atoms with E-state index in [2.05, 4.69) is 14.6 Å². The Morgan fingerprint density at radius 2 is 1.77 bits per heavy atom. The molecular weight excluding hydrogens is 507 g/mol. The summed E-state index contributed by atoms with van der Waals surface area (Å²) in [6.07, 6.45) is -4.80. The third kappa shape index (κ3) is 6.91. The molecule has 0 aliphatic carbocycles. The number of ether oxygens (including phenoxy) is 2. The van der Waals surface area contributed by atoms with Crippen LogP contribution in [0.1, 0.15) is 27.6 Å². The zero-order valence-corrected chi connectivity index (χ0v) is 20.3. The Balaban J connectivity index is 0.00000342. The first-order valence-corrected chi connectivity index (χ1v) is 11.4. The van der Waals surface area contributed by atoms with Crippen LogP contribution in [0.3, 0.4) is 0 Å². The van der Waals surface area contributed by atoms with E-state index in [0.717, 1.165) is 24.4 Å². The number of Topliss-reactive ketones (excluding diaryl/α,β-unsaturated/α-hetero) is 1. The maximum absolute atomic E-state index is 13.4. The first kappa shape index (κ1) is 26.9. The van der Waals surface area contributed by atoms with Crippen LogP contribution in [0.5, 0.6) is 5.75 Å². The van der Waals surface area contributed by atoms with E-state index < -0.39 is 6.36 Å². The number of benzene rings is 2. The molecular formula is C23H23ClF3N3O4S. The fourth-order valence-corrected chi connectivity index (χ4v) is 4.58. The summed E-state index contributed by atoms with van der Waals surface area (Å²) < 4.78 is 47.6. The standard InChI is InChI=1S/C23H22F3N3O4S.ClH/c1-15(30)16-2-4-17(5-3-16)21(31)29(9-8-28-10-12-32-13-11-28)22-27-19-7-6-18(14-20(19)34-22)33-23(24,25)26;/h2-7,14H,8-13H2,1H3;1H. The molecule has 3 aromatic rings. The van der Waals surface area contributed by atoms with Gasteiger partial charge in [-0.1, -0.05) is 23.5 Å². The summed E-state index contributed by atoms with van der Waals surface area (Å²) in [7, 11) is 0. The van der Waals surface area contributed by atoms with Crippen molar-refractivity contribution in [1.82, 2.24) is 9.88 Å². The van der Waals surface area contributed by atoms with Crippen LogP contribution in [0.4, 0.5) is 18.3 Å². The Hall–Kier alpha value is -2.73. The summed E-state index contributed by atoms with van der Waals surface area (Å²) in [5.74, 6) is -0.762. The van der Waals surface area contributed by atoms with Gasteiger partial charge in [-0.05, 0) is 31.2 Å². The van der Waals surface area contributed by atoms with Crippen LogP contribution in [0.2, 0.25) is 0 Å². The third-order valence-electron chi connectivity index (χ3n) is 5.34. The lowest BCUT2D eigenvalue weighted by atomic mass is 10.1. The van der Waals surface area contributed by atoms with Gasteiger partial charge in [-0.15, -0.1) is 25.6 Å². The molecule has 0 N–H and O–H groups in total. The molecule has 1 fully saturated rings. The largest absolute Gasteiger partial charge is 0.573 e. The minimum atomic E-state index is -4.80. The molecule has 4 rings (SSSR count). The first-order chi connectivity index (χ1) is 16.2. The van der Waals surface area contributed by atoms with Gasteiger partial charge < -0.3 is 9.47 Å². The van der Waals surface area contributed by atoms with E-state index in [1.807, 2.05) is 0 Å². The zero-order chi connectivity index (χ0) is 24.3. The van der Waals surface area contributed by atoms with E-state index in [1.165, 1.54) is 30.0 Å². The first-order valence-electron chi connectivity index (χ1n) is 10.6. The average molecular weight is 530 g/mol. The number of hydrogen-bond donors (Lipinski definition) is 0. The molecule has 2 heterocycles. The number of morpholine rings is 1. The number of halogens is 4. The average Bonchev–Trinajstić information content (AvgIpc) is 3.21. The zero-order valence-electron chi connectivity index (χ0n) is 18.7. The highest BCUT2D eigenvalue weighted by molar-refractivity contribution is 7.22. The minimum absolute atomic E-state index is 0. The number of carbonyl (C=O) groups excluding carboxylic acids is 2. The molecule has 0 bridgehead atoms. The molecule has 7 nitrogen and oxygen atoms in total. The molecule has 2 aromatic carbocycles. The number of anilines is 1. The number of thiazole rings is 1. The van der Waals surface area contributed by atoms with Crippen LogP contribution in [0, 0.1) is 0 Å². The van der Waals surface area contributed by atoms with E-state index in [1.54, 1.807) is 24.3 Å². The summed E-state index contributed by atoms with van der Waals surface area (Å²) in [5.41, 5.74) is 1.34. The van der Waals surface area contributed by atoms with Gasteiger partial charge in [0.1, 0.15) is 5.75 Å². The number of fused-ring (bicyclic) bond motifs is 1. The van der Waals surface area contributed by atoms with Gasteiger partial charge in [-0.2, -0.15) is 0 Å². The molecule has 0 saturated carbocycles. The number of nitrogens with zero attached hydrogens (tertiary/aromatic N) is 3. The monoisotopic (exact) mass is 529 g/mol. The van der Waals surface area contributed by atoms with E-state index >= 15 is 0 Å². The molecule has 12 heteroatoms. The summed E-state index contributed by atoms with van der Waals surface area (Å²) >= 11 is 1.11. The van der Waals surface area contributed by atoms with Crippen LogP contribution in [0.25, 0.3) is 10.2 Å². The van der Waals surface area contributed by atoms with Crippen LogP contribution < -0.4 is 9.64 Å². The topological polar surface area (TPSA) is 72.0 Å². The predicted molar refractivity (Wildman–Crippen MR) is 129 cm³/mol. The van der Waals surface area contributed by atoms with E-state index in [-0.39, 0.29) is 29.8 Å². The van der Waals surface area contributed by atoms with E-state index in [4.69, 9.17) is 4.74 Å². The van der Waals surface area contributed by atoms with Gasteiger partial charge in [0, 0.05) is 43.4 Å². The van der Waals surface area contributed by atoms with Crippen molar-refractivity contribution in [1.29, 1.82) is 0 Å². The smallest absolute Gasteiger partial charge is 0.406 e. The Labute approximate surface area is 209 Å². The van der Waals surface area contributed by atoms with Crippen molar-refractivity contribution in [2.24, 2.45) is 0 Å².